The zero-order valence-electron chi connectivity index (χ0n) is 11.4. The molecule has 110 valence electrons. The topological polar surface area (TPSA) is 99.4 Å². The number of phenols is 1. The number of nitriles is 1. The number of phenolic OH excluding ortho intramolecular Hbond substituents is 1. The van der Waals surface area contributed by atoms with E-state index in [1.54, 1.807) is 18.2 Å². The lowest BCUT2D eigenvalue weighted by Crippen LogP contribution is -2.20. The molecule has 0 saturated heterocycles. The van der Waals surface area contributed by atoms with Gasteiger partial charge in [-0.2, -0.15) is 5.26 Å². The number of aromatic hydroxyl groups is 1. The van der Waals surface area contributed by atoms with Gasteiger partial charge in [0.1, 0.15) is 5.75 Å². The number of carbonyl (C=O) groups excluding carboxylic acids is 2. The van der Waals surface area contributed by atoms with Gasteiger partial charge < -0.3 is 15.2 Å². The van der Waals surface area contributed by atoms with Crippen molar-refractivity contribution in [2.45, 2.75) is 0 Å². The van der Waals surface area contributed by atoms with Crippen LogP contribution in [0.5, 0.6) is 5.75 Å². The van der Waals surface area contributed by atoms with E-state index in [0.29, 0.717) is 11.3 Å². The first-order chi connectivity index (χ1) is 10.6. The van der Waals surface area contributed by atoms with E-state index in [2.05, 4.69) is 5.32 Å². The van der Waals surface area contributed by atoms with Crippen molar-refractivity contribution in [3.8, 4) is 11.8 Å². The second-order valence-electron chi connectivity index (χ2n) is 4.37. The second kappa shape index (κ2) is 6.90. The van der Waals surface area contributed by atoms with Crippen molar-refractivity contribution < 1.29 is 19.4 Å². The van der Waals surface area contributed by atoms with Crippen LogP contribution >= 0.6 is 0 Å². The van der Waals surface area contributed by atoms with Crippen LogP contribution in [0.25, 0.3) is 0 Å². The molecule has 0 heterocycles. The molecule has 0 radical (unpaired) electrons. The summed E-state index contributed by atoms with van der Waals surface area (Å²) in [5, 5.41) is 20.6. The monoisotopic (exact) mass is 296 g/mol. The van der Waals surface area contributed by atoms with Crippen LogP contribution < -0.4 is 5.32 Å². The molecule has 0 atom stereocenters. The van der Waals surface area contributed by atoms with Crippen LogP contribution in [-0.4, -0.2) is 23.6 Å². The molecular weight excluding hydrogens is 284 g/mol. The van der Waals surface area contributed by atoms with Crippen molar-refractivity contribution >= 4 is 17.6 Å². The number of nitrogens with one attached hydrogen (secondary N) is 1. The molecule has 2 aromatic rings. The van der Waals surface area contributed by atoms with Crippen LogP contribution in [-0.2, 0) is 9.53 Å². The zero-order chi connectivity index (χ0) is 15.9. The third-order valence-electron chi connectivity index (χ3n) is 2.69. The molecule has 1 amide bonds. The van der Waals surface area contributed by atoms with E-state index in [4.69, 9.17) is 10.00 Å². The fourth-order valence-corrected chi connectivity index (χ4v) is 1.71. The number of nitrogens with zero attached hydrogens (tertiary/aromatic N) is 1. The molecule has 0 aromatic heterocycles. The smallest absolute Gasteiger partial charge is 0.338 e. The Bertz CT molecular complexity index is 750. The molecule has 0 aliphatic rings. The van der Waals surface area contributed by atoms with Gasteiger partial charge in [-0.05, 0) is 36.4 Å². The number of benzene rings is 2. The molecule has 0 aliphatic carbocycles. The number of rotatable bonds is 4. The van der Waals surface area contributed by atoms with Crippen LogP contribution in [0.15, 0.2) is 48.5 Å². The number of carbonyl (C=O) groups is 2. The maximum absolute atomic E-state index is 11.7. The molecule has 0 aliphatic heterocycles. The van der Waals surface area contributed by atoms with Crippen molar-refractivity contribution in [2.75, 3.05) is 11.9 Å². The van der Waals surface area contributed by atoms with Gasteiger partial charge in [-0.25, -0.2) is 4.79 Å². The fourth-order valence-electron chi connectivity index (χ4n) is 1.71. The molecule has 2 N–H and O–H groups in total. The molecule has 22 heavy (non-hydrogen) atoms. The highest BCUT2D eigenvalue weighted by atomic mass is 16.5. The Labute approximate surface area is 126 Å². The maximum atomic E-state index is 11.7. The summed E-state index contributed by atoms with van der Waals surface area (Å²) in [4.78, 5) is 23.4. The average molecular weight is 296 g/mol. The van der Waals surface area contributed by atoms with Crippen molar-refractivity contribution in [1.29, 1.82) is 5.26 Å². The lowest BCUT2D eigenvalue weighted by molar-refractivity contribution is -0.119. The molecule has 0 fully saturated rings. The number of ether oxygens (including phenoxy) is 1. The van der Waals surface area contributed by atoms with Gasteiger partial charge in [0.2, 0.25) is 0 Å². The summed E-state index contributed by atoms with van der Waals surface area (Å²) in [7, 11) is 0. The number of amides is 1. The largest absolute Gasteiger partial charge is 0.508 e. The van der Waals surface area contributed by atoms with E-state index in [1.165, 1.54) is 30.3 Å². The highest BCUT2D eigenvalue weighted by Gasteiger charge is 2.11. The second-order valence-corrected chi connectivity index (χ2v) is 4.37. The van der Waals surface area contributed by atoms with E-state index >= 15 is 0 Å². The van der Waals surface area contributed by atoms with E-state index in [0.717, 1.165) is 0 Å². The minimum atomic E-state index is -0.711. The normalized spacial score (nSPS) is 9.59. The lowest BCUT2D eigenvalue weighted by atomic mass is 10.2. The lowest BCUT2D eigenvalue weighted by Gasteiger charge is -2.07. The van der Waals surface area contributed by atoms with Gasteiger partial charge in [-0.15, -0.1) is 0 Å². The fraction of sp³-hybridized carbons (Fsp3) is 0.0625. The summed E-state index contributed by atoms with van der Waals surface area (Å²) in [6.07, 6.45) is 0. The highest BCUT2D eigenvalue weighted by Crippen LogP contribution is 2.12. The summed E-state index contributed by atoms with van der Waals surface area (Å²) in [6.45, 7) is -0.467. The molecular formula is C16H12N2O4. The molecule has 0 bridgehead atoms. The predicted molar refractivity (Wildman–Crippen MR) is 78.2 cm³/mol. The van der Waals surface area contributed by atoms with Crippen LogP contribution in [0.3, 0.4) is 0 Å². The molecule has 6 heteroatoms. The minimum Gasteiger partial charge on any atom is -0.508 e. The Kier molecular flexibility index (Phi) is 4.73. The van der Waals surface area contributed by atoms with E-state index in [1.807, 2.05) is 6.07 Å². The summed E-state index contributed by atoms with van der Waals surface area (Å²) in [5.41, 5.74) is 1.01. The Morgan fingerprint density at radius 2 is 1.95 bits per heavy atom. The SMILES string of the molecule is N#Cc1cccc(NC(=O)COC(=O)c2cccc(O)c2)c1. The summed E-state index contributed by atoms with van der Waals surface area (Å²) < 4.78 is 4.85. The summed E-state index contributed by atoms with van der Waals surface area (Å²) >= 11 is 0. The Morgan fingerprint density at radius 3 is 2.68 bits per heavy atom. The summed E-state index contributed by atoms with van der Waals surface area (Å²) in [5.74, 6) is -1.30. The minimum absolute atomic E-state index is 0.0628. The van der Waals surface area contributed by atoms with Crippen molar-refractivity contribution in [2.24, 2.45) is 0 Å². The third kappa shape index (κ3) is 4.08. The van der Waals surface area contributed by atoms with Gasteiger partial charge in [0.15, 0.2) is 6.61 Å². The molecule has 0 spiro atoms. The first-order valence-electron chi connectivity index (χ1n) is 6.34. The number of anilines is 1. The van der Waals surface area contributed by atoms with E-state index in [-0.39, 0.29) is 11.3 Å². The van der Waals surface area contributed by atoms with Crippen molar-refractivity contribution in [3.63, 3.8) is 0 Å². The maximum Gasteiger partial charge on any atom is 0.338 e. The third-order valence-corrected chi connectivity index (χ3v) is 2.69. The van der Waals surface area contributed by atoms with Crippen molar-refractivity contribution in [3.05, 3.63) is 59.7 Å². The van der Waals surface area contributed by atoms with Gasteiger partial charge >= 0.3 is 5.97 Å². The van der Waals surface area contributed by atoms with Crippen LogP contribution in [0.4, 0.5) is 5.69 Å². The first-order valence-corrected chi connectivity index (χ1v) is 6.34. The number of hydrogen-bond donors (Lipinski definition) is 2. The van der Waals surface area contributed by atoms with Crippen LogP contribution in [0.2, 0.25) is 0 Å². The standard InChI is InChI=1S/C16H12N2O4/c17-9-11-3-1-5-13(7-11)18-15(20)10-22-16(21)12-4-2-6-14(19)8-12/h1-8,19H,10H2,(H,18,20). The quantitative estimate of drug-likeness (QED) is 0.841. The van der Waals surface area contributed by atoms with Crippen molar-refractivity contribution in [1.82, 2.24) is 0 Å². The van der Waals surface area contributed by atoms with Gasteiger partial charge in [0.05, 0.1) is 17.2 Å². The van der Waals surface area contributed by atoms with Gasteiger partial charge in [-0.3, -0.25) is 4.79 Å². The van der Waals surface area contributed by atoms with Gasteiger partial charge in [0.25, 0.3) is 5.91 Å². The molecule has 6 nitrogen and oxygen atoms in total. The van der Waals surface area contributed by atoms with Gasteiger partial charge in [0, 0.05) is 5.69 Å². The molecule has 2 aromatic carbocycles. The molecule has 2 rings (SSSR count). The zero-order valence-corrected chi connectivity index (χ0v) is 11.4. The van der Waals surface area contributed by atoms with Crippen LogP contribution in [0, 0.1) is 11.3 Å². The van der Waals surface area contributed by atoms with E-state index in [9.17, 15) is 14.7 Å². The Morgan fingerprint density at radius 1 is 1.18 bits per heavy atom. The predicted octanol–water partition coefficient (Wildman–Crippen LogP) is 2.06. The molecule has 0 saturated carbocycles. The average Bonchev–Trinajstić information content (AvgIpc) is 2.52. The number of esters is 1. The summed E-state index contributed by atoms with van der Waals surface area (Å²) in [6, 6.07) is 14.0. The Hall–Kier alpha value is -3.33. The van der Waals surface area contributed by atoms with Crippen LogP contribution in [0.1, 0.15) is 15.9 Å². The highest BCUT2D eigenvalue weighted by molar-refractivity contribution is 5.95. The van der Waals surface area contributed by atoms with E-state index < -0.39 is 18.5 Å². The number of hydrogen-bond acceptors (Lipinski definition) is 5. The first kappa shape index (κ1) is 15.1. The molecule has 0 unspecified atom stereocenters. The van der Waals surface area contributed by atoms with Gasteiger partial charge in [-0.1, -0.05) is 12.1 Å². The Balaban J connectivity index is 1.90.